The number of rotatable bonds is 4. The summed E-state index contributed by atoms with van der Waals surface area (Å²) in [5.74, 6) is 0.415. The lowest BCUT2D eigenvalue weighted by molar-refractivity contribution is 0.0931. The Balaban J connectivity index is 2.82. The van der Waals surface area contributed by atoms with E-state index in [0.29, 0.717) is 16.5 Å². The molecule has 0 aliphatic heterocycles. The van der Waals surface area contributed by atoms with E-state index in [-0.39, 0.29) is 11.9 Å². The Kier molecular flexibility index (Phi) is 5.73. The molecule has 4 heteroatoms. The minimum absolute atomic E-state index is 0.0190. The average molecular weight is 366 g/mol. The number of amides is 1. The number of carbonyl (C=O) groups excluding carboxylic acids is 1. The van der Waals surface area contributed by atoms with Gasteiger partial charge in [0.25, 0.3) is 5.91 Å². The highest BCUT2D eigenvalue weighted by Gasteiger charge is 2.17. The number of nitrogens with one attached hydrogen (secondary N) is 1. The Morgan fingerprint density at radius 2 is 2.12 bits per heavy atom. The largest absolute Gasteiger partial charge is 0.348 e. The molecule has 1 rings (SSSR count). The second-order valence-electron chi connectivity index (χ2n) is 4.44. The fourth-order valence-corrected chi connectivity index (χ4v) is 2.98. The van der Waals surface area contributed by atoms with Crippen LogP contribution in [0.25, 0.3) is 0 Å². The Morgan fingerprint density at radius 3 is 2.59 bits per heavy atom. The first kappa shape index (κ1) is 14.8. The van der Waals surface area contributed by atoms with Crippen LogP contribution in [0.5, 0.6) is 0 Å². The van der Waals surface area contributed by atoms with Crippen LogP contribution < -0.4 is 5.32 Å². The van der Waals surface area contributed by atoms with Gasteiger partial charge in [-0.15, -0.1) is 0 Å². The molecule has 0 bridgehead atoms. The van der Waals surface area contributed by atoms with Gasteiger partial charge in [-0.2, -0.15) is 0 Å². The number of halogens is 2. The van der Waals surface area contributed by atoms with E-state index in [4.69, 9.17) is 11.6 Å². The lowest BCUT2D eigenvalue weighted by Crippen LogP contribution is -2.39. The van der Waals surface area contributed by atoms with Gasteiger partial charge in [0.15, 0.2) is 0 Å². The van der Waals surface area contributed by atoms with Crippen LogP contribution in [0.15, 0.2) is 18.2 Å². The van der Waals surface area contributed by atoms with E-state index >= 15 is 0 Å². The van der Waals surface area contributed by atoms with Crippen molar-refractivity contribution in [2.75, 3.05) is 4.43 Å². The van der Waals surface area contributed by atoms with Gasteiger partial charge in [-0.05, 0) is 36.6 Å². The molecule has 0 saturated heterocycles. The predicted molar refractivity (Wildman–Crippen MR) is 81.2 cm³/mol. The number of hydrogen-bond donors (Lipinski definition) is 1. The van der Waals surface area contributed by atoms with Crippen LogP contribution in [0, 0.1) is 12.8 Å². The second kappa shape index (κ2) is 6.59. The topological polar surface area (TPSA) is 29.1 Å². The Hall–Kier alpha value is -0.290. The van der Waals surface area contributed by atoms with Gasteiger partial charge in [-0.25, -0.2) is 0 Å². The van der Waals surface area contributed by atoms with Crippen LogP contribution in [-0.2, 0) is 0 Å². The monoisotopic (exact) mass is 365 g/mol. The molecule has 0 radical (unpaired) electrons. The maximum Gasteiger partial charge on any atom is 0.251 e. The van der Waals surface area contributed by atoms with Gasteiger partial charge < -0.3 is 5.32 Å². The highest BCUT2D eigenvalue weighted by atomic mass is 127. The minimum atomic E-state index is -0.0190. The van der Waals surface area contributed by atoms with E-state index in [1.165, 1.54) is 0 Å². The fourth-order valence-electron chi connectivity index (χ4n) is 1.51. The molecule has 17 heavy (non-hydrogen) atoms. The summed E-state index contributed by atoms with van der Waals surface area (Å²) in [4.78, 5) is 12.1. The molecule has 0 spiro atoms. The third-order valence-corrected chi connectivity index (χ3v) is 3.90. The van der Waals surface area contributed by atoms with E-state index in [1.807, 2.05) is 13.0 Å². The molecule has 1 amide bonds. The zero-order valence-corrected chi connectivity index (χ0v) is 13.2. The summed E-state index contributed by atoms with van der Waals surface area (Å²) in [6, 6.07) is 5.54. The van der Waals surface area contributed by atoms with E-state index < -0.39 is 0 Å². The summed E-state index contributed by atoms with van der Waals surface area (Å²) in [5, 5.41) is 3.71. The van der Waals surface area contributed by atoms with Gasteiger partial charge in [-0.3, -0.25) is 4.79 Å². The summed E-state index contributed by atoms with van der Waals surface area (Å²) >= 11 is 8.17. The Bertz CT molecular complexity index is 406. The summed E-state index contributed by atoms with van der Waals surface area (Å²) < 4.78 is 0.911. The maximum atomic E-state index is 12.1. The van der Waals surface area contributed by atoms with E-state index in [9.17, 15) is 4.79 Å². The number of alkyl halides is 1. The van der Waals surface area contributed by atoms with Crippen LogP contribution >= 0.6 is 34.2 Å². The summed E-state index contributed by atoms with van der Waals surface area (Å²) in [5.41, 5.74) is 1.61. The molecule has 0 aliphatic rings. The van der Waals surface area contributed by atoms with Crippen molar-refractivity contribution >= 4 is 40.1 Å². The van der Waals surface area contributed by atoms with Gasteiger partial charge in [0, 0.05) is 21.1 Å². The van der Waals surface area contributed by atoms with Crippen molar-refractivity contribution in [3.05, 3.63) is 34.3 Å². The number of aryl methyl sites for hydroxylation is 1. The molecule has 2 nitrogen and oxygen atoms in total. The summed E-state index contributed by atoms with van der Waals surface area (Å²) in [6.07, 6.45) is 0. The Labute approximate surface area is 121 Å². The first-order valence-electron chi connectivity index (χ1n) is 5.58. The van der Waals surface area contributed by atoms with Crippen LogP contribution in [-0.4, -0.2) is 16.4 Å². The van der Waals surface area contributed by atoms with Crippen LogP contribution in [0.3, 0.4) is 0 Å². The molecule has 0 fully saturated rings. The number of benzene rings is 1. The zero-order valence-electron chi connectivity index (χ0n) is 10.3. The van der Waals surface area contributed by atoms with E-state index in [1.54, 1.807) is 12.1 Å². The van der Waals surface area contributed by atoms with Crippen molar-refractivity contribution in [1.29, 1.82) is 0 Å². The first-order chi connectivity index (χ1) is 7.95. The highest BCUT2D eigenvalue weighted by molar-refractivity contribution is 14.1. The summed E-state index contributed by atoms with van der Waals surface area (Å²) in [6.45, 7) is 6.12. The molecule has 94 valence electrons. The molecular formula is C13H17ClINO. The lowest BCUT2D eigenvalue weighted by Gasteiger charge is -2.20. The first-order valence-corrected chi connectivity index (χ1v) is 7.49. The van der Waals surface area contributed by atoms with Crippen molar-refractivity contribution in [2.24, 2.45) is 5.92 Å². The van der Waals surface area contributed by atoms with Crippen molar-refractivity contribution in [3.8, 4) is 0 Å². The molecule has 0 aromatic heterocycles. The molecule has 0 heterocycles. The maximum absolute atomic E-state index is 12.1. The summed E-state index contributed by atoms with van der Waals surface area (Å²) in [7, 11) is 0. The van der Waals surface area contributed by atoms with Crippen LogP contribution in [0.2, 0.25) is 5.02 Å². The van der Waals surface area contributed by atoms with E-state index in [0.717, 1.165) is 9.99 Å². The van der Waals surface area contributed by atoms with Gasteiger partial charge in [0.1, 0.15) is 0 Å². The molecular weight excluding hydrogens is 349 g/mol. The van der Waals surface area contributed by atoms with Crippen LogP contribution in [0.4, 0.5) is 0 Å². The van der Waals surface area contributed by atoms with Gasteiger partial charge in [-0.1, -0.05) is 48.0 Å². The zero-order chi connectivity index (χ0) is 13.0. The van der Waals surface area contributed by atoms with Crippen molar-refractivity contribution in [1.82, 2.24) is 5.32 Å². The molecule has 1 aromatic rings. The van der Waals surface area contributed by atoms with Crippen LogP contribution in [0.1, 0.15) is 29.8 Å². The molecule has 1 aromatic carbocycles. The SMILES string of the molecule is Cc1cc(Cl)ccc1C(=O)NC(CI)C(C)C. The average Bonchev–Trinajstić information content (AvgIpc) is 2.24. The third kappa shape index (κ3) is 4.14. The smallest absolute Gasteiger partial charge is 0.251 e. The molecule has 1 unspecified atom stereocenters. The Morgan fingerprint density at radius 1 is 1.47 bits per heavy atom. The fraction of sp³-hybridized carbons (Fsp3) is 0.462. The molecule has 0 saturated carbocycles. The minimum Gasteiger partial charge on any atom is -0.348 e. The normalized spacial score (nSPS) is 12.6. The van der Waals surface area contributed by atoms with Crippen molar-refractivity contribution in [3.63, 3.8) is 0 Å². The molecule has 1 N–H and O–H groups in total. The third-order valence-electron chi connectivity index (χ3n) is 2.72. The predicted octanol–water partition coefficient (Wildman–Crippen LogP) is 3.84. The number of carbonyl (C=O) groups is 1. The lowest BCUT2D eigenvalue weighted by atomic mass is 10.0. The molecule has 0 aliphatic carbocycles. The van der Waals surface area contributed by atoms with Gasteiger partial charge in [0.05, 0.1) is 0 Å². The molecule has 1 atom stereocenters. The van der Waals surface area contributed by atoms with Gasteiger partial charge >= 0.3 is 0 Å². The second-order valence-corrected chi connectivity index (χ2v) is 5.75. The van der Waals surface area contributed by atoms with E-state index in [2.05, 4.69) is 41.8 Å². The quantitative estimate of drug-likeness (QED) is 0.637. The number of hydrogen-bond acceptors (Lipinski definition) is 1. The van der Waals surface area contributed by atoms with Crippen molar-refractivity contribution in [2.45, 2.75) is 26.8 Å². The standard InChI is InChI=1S/C13H17ClINO/c1-8(2)12(7-15)16-13(17)11-5-4-10(14)6-9(11)3/h4-6,8,12H,7H2,1-3H3,(H,16,17). The van der Waals surface area contributed by atoms with Gasteiger partial charge in [0.2, 0.25) is 0 Å². The van der Waals surface area contributed by atoms with Crippen molar-refractivity contribution < 1.29 is 4.79 Å². The highest BCUT2D eigenvalue weighted by Crippen LogP contribution is 2.16.